The van der Waals surface area contributed by atoms with E-state index in [1.807, 2.05) is 24.4 Å². The number of H-pyrrole nitrogens is 1. The van der Waals surface area contributed by atoms with Crippen molar-refractivity contribution in [1.82, 2.24) is 9.97 Å². The summed E-state index contributed by atoms with van der Waals surface area (Å²) in [5, 5.41) is 2.01. The average molecular weight is 285 g/mol. The van der Waals surface area contributed by atoms with E-state index in [9.17, 15) is 4.79 Å². The summed E-state index contributed by atoms with van der Waals surface area (Å²) < 4.78 is 0.512. The first-order chi connectivity index (χ1) is 7.16. The molecule has 5 heteroatoms. The number of halogens is 1. The molecule has 15 heavy (non-hydrogen) atoms. The molecule has 0 spiro atoms. The third kappa shape index (κ3) is 2.35. The Morgan fingerprint density at radius 3 is 3.00 bits per heavy atom. The van der Waals surface area contributed by atoms with Gasteiger partial charge in [-0.1, -0.05) is 6.07 Å². The van der Waals surface area contributed by atoms with Crippen molar-refractivity contribution in [1.29, 1.82) is 0 Å². The van der Waals surface area contributed by atoms with Crippen LogP contribution in [0.4, 0.5) is 0 Å². The number of aromatic nitrogens is 2. The first kappa shape index (κ1) is 10.6. The predicted molar refractivity (Wildman–Crippen MR) is 64.4 cm³/mol. The minimum Gasteiger partial charge on any atom is -0.309 e. The second-order valence-electron chi connectivity index (χ2n) is 3.17. The topological polar surface area (TPSA) is 45.8 Å². The molecule has 0 amide bonds. The second kappa shape index (κ2) is 4.28. The quantitative estimate of drug-likeness (QED) is 0.921. The summed E-state index contributed by atoms with van der Waals surface area (Å²) in [6.07, 6.45) is 0.682. The molecular formula is C10H9BrN2OS. The number of nitrogens with zero attached hydrogens (tertiary/aromatic N) is 1. The van der Waals surface area contributed by atoms with Gasteiger partial charge in [0.2, 0.25) is 0 Å². The number of aromatic amines is 1. The van der Waals surface area contributed by atoms with Crippen molar-refractivity contribution in [2.45, 2.75) is 13.3 Å². The van der Waals surface area contributed by atoms with Crippen LogP contribution in [0, 0.1) is 6.92 Å². The lowest BCUT2D eigenvalue weighted by atomic mass is 10.3. The zero-order valence-corrected chi connectivity index (χ0v) is 10.5. The van der Waals surface area contributed by atoms with Gasteiger partial charge in [0.25, 0.3) is 5.56 Å². The Balaban J connectivity index is 2.34. The van der Waals surface area contributed by atoms with Crippen molar-refractivity contribution < 1.29 is 0 Å². The van der Waals surface area contributed by atoms with Crippen LogP contribution in [0.5, 0.6) is 0 Å². The van der Waals surface area contributed by atoms with Gasteiger partial charge in [0.1, 0.15) is 10.3 Å². The molecule has 0 saturated carbocycles. The average Bonchev–Trinajstić information content (AvgIpc) is 2.66. The molecule has 0 radical (unpaired) electrons. The fraction of sp³-hybridized carbons (Fsp3) is 0.200. The molecule has 0 aliphatic rings. The van der Waals surface area contributed by atoms with E-state index < -0.39 is 0 Å². The van der Waals surface area contributed by atoms with Crippen molar-refractivity contribution in [2.75, 3.05) is 0 Å². The van der Waals surface area contributed by atoms with Crippen LogP contribution in [0.3, 0.4) is 0 Å². The van der Waals surface area contributed by atoms with Crippen molar-refractivity contribution in [3.05, 3.63) is 48.7 Å². The van der Waals surface area contributed by atoms with Gasteiger partial charge in [0, 0.05) is 11.3 Å². The largest absolute Gasteiger partial charge is 0.309 e. The molecule has 1 N–H and O–H groups in total. The van der Waals surface area contributed by atoms with E-state index in [-0.39, 0.29) is 5.56 Å². The molecule has 0 aromatic carbocycles. The van der Waals surface area contributed by atoms with E-state index in [2.05, 4.69) is 25.9 Å². The van der Waals surface area contributed by atoms with Crippen LogP contribution in [0.15, 0.2) is 26.8 Å². The van der Waals surface area contributed by atoms with Crippen molar-refractivity contribution in [3.8, 4) is 0 Å². The molecule has 2 aromatic heterocycles. The highest BCUT2D eigenvalue weighted by atomic mass is 79.9. The van der Waals surface area contributed by atoms with E-state index in [1.54, 1.807) is 11.3 Å². The van der Waals surface area contributed by atoms with Gasteiger partial charge in [-0.25, -0.2) is 4.98 Å². The van der Waals surface area contributed by atoms with Gasteiger partial charge < -0.3 is 4.98 Å². The maximum absolute atomic E-state index is 11.5. The van der Waals surface area contributed by atoms with Crippen LogP contribution in [0.25, 0.3) is 0 Å². The lowest BCUT2D eigenvalue weighted by Gasteiger charge is -2.01. The smallest absolute Gasteiger partial charge is 0.265 e. The standard InChI is InChI=1S/C10H9BrN2OS/c1-6-9(11)10(14)13-8(12-6)5-7-3-2-4-15-7/h2-4H,5H2,1H3,(H,12,13,14). The molecule has 0 aliphatic heterocycles. The van der Waals surface area contributed by atoms with Gasteiger partial charge in [0.15, 0.2) is 0 Å². The third-order valence-corrected chi connectivity index (χ3v) is 3.81. The van der Waals surface area contributed by atoms with Crippen molar-refractivity contribution in [3.63, 3.8) is 0 Å². The first-order valence-electron chi connectivity index (χ1n) is 4.44. The summed E-state index contributed by atoms with van der Waals surface area (Å²) in [5.74, 6) is 0.711. The second-order valence-corrected chi connectivity index (χ2v) is 4.99. The number of thiophene rings is 1. The molecule has 0 bridgehead atoms. The summed E-state index contributed by atoms with van der Waals surface area (Å²) in [7, 11) is 0. The maximum Gasteiger partial charge on any atom is 0.265 e. The highest BCUT2D eigenvalue weighted by Gasteiger charge is 2.05. The molecule has 3 nitrogen and oxygen atoms in total. The molecule has 0 unspecified atom stereocenters. The summed E-state index contributed by atoms with van der Waals surface area (Å²) in [5.41, 5.74) is 0.611. The fourth-order valence-electron chi connectivity index (χ4n) is 1.29. The van der Waals surface area contributed by atoms with E-state index in [4.69, 9.17) is 0 Å². The van der Waals surface area contributed by atoms with Gasteiger partial charge in [0.05, 0.1) is 5.69 Å². The zero-order chi connectivity index (χ0) is 10.8. The Morgan fingerprint density at radius 1 is 1.60 bits per heavy atom. The SMILES string of the molecule is Cc1nc(Cc2cccs2)[nH]c(=O)c1Br. The Labute approximate surface area is 99.3 Å². The highest BCUT2D eigenvalue weighted by Crippen LogP contribution is 2.13. The van der Waals surface area contributed by atoms with Gasteiger partial charge >= 0.3 is 0 Å². The monoisotopic (exact) mass is 284 g/mol. The summed E-state index contributed by atoms with van der Waals surface area (Å²) in [6, 6.07) is 4.02. The molecule has 0 fully saturated rings. The number of hydrogen-bond acceptors (Lipinski definition) is 3. The van der Waals surface area contributed by atoms with Gasteiger partial charge in [-0.15, -0.1) is 11.3 Å². The molecule has 2 aromatic rings. The Hall–Kier alpha value is -0.940. The van der Waals surface area contributed by atoms with Crippen LogP contribution < -0.4 is 5.56 Å². The van der Waals surface area contributed by atoms with Crippen LogP contribution >= 0.6 is 27.3 Å². The molecule has 0 saturated heterocycles. The third-order valence-electron chi connectivity index (χ3n) is 2.00. The molecule has 2 rings (SSSR count). The van der Waals surface area contributed by atoms with E-state index in [0.29, 0.717) is 16.7 Å². The molecule has 0 atom stereocenters. The lowest BCUT2D eigenvalue weighted by molar-refractivity contribution is 0.919. The number of rotatable bonds is 2. The number of nitrogens with one attached hydrogen (secondary N) is 1. The Morgan fingerprint density at radius 2 is 2.40 bits per heavy atom. The predicted octanol–water partition coefficient (Wildman–Crippen LogP) is 2.49. The maximum atomic E-state index is 11.5. The van der Waals surface area contributed by atoms with Crippen molar-refractivity contribution >= 4 is 27.3 Å². The van der Waals surface area contributed by atoms with E-state index in [1.165, 1.54) is 4.88 Å². The molecule has 2 heterocycles. The number of aryl methyl sites for hydroxylation is 1. The fourth-order valence-corrected chi connectivity index (χ4v) is 2.19. The molecule has 78 valence electrons. The zero-order valence-electron chi connectivity index (χ0n) is 8.08. The van der Waals surface area contributed by atoms with Gasteiger partial charge in [-0.2, -0.15) is 0 Å². The molecular weight excluding hydrogens is 276 g/mol. The van der Waals surface area contributed by atoms with E-state index >= 15 is 0 Å². The summed E-state index contributed by atoms with van der Waals surface area (Å²) >= 11 is 4.85. The van der Waals surface area contributed by atoms with Crippen molar-refractivity contribution in [2.24, 2.45) is 0 Å². The highest BCUT2D eigenvalue weighted by molar-refractivity contribution is 9.10. The number of hydrogen-bond donors (Lipinski definition) is 1. The first-order valence-corrected chi connectivity index (χ1v) is 6.12. The lowest BCUT2D eigenvalue weighted by Crippen LogP contribution is -2.14. The van der Waals surface area contributed by atoms with Crippen LogP contribution in [-0.4, -0.2) is 9.97 Å². The minimum absolute atomic E-state index is 0.117. The summed E-state index contributed by atoms with van der Waals surface area (Å²) in [4.78, 5) is 19.7. The van der Waals surface area contributed by atoms with E-state index in [0.717, 1.165) is 5.69 Å². The Bertz CT molecular complexity index is 519. The Kier molecular flexibility index (Phi) is 3.02. The van der Waals surface area contributed by atoms with Crippen LogP contribution in [-0.2, 0) is 6.42 Å². The summed E-state index contributed by atoms with van der Waals surface area (Å²) in [6.45, 7) is 1.82. The minimum atomic E-state index is -0.117. The van der Waals surface area contributed by atoms with Crippen LogP contribution in [0.2, 0.25) is 0 Å². The normalized spacial score (nSPS) is 10.5. The molecule has 0 aliphatic carbocycles. The van der Waals surface area contributed by atoms with Gasteiger partial charge in [-0.05, 0) is 34.3 Å². The van der Waals surface area contributed by atoms with Crippen LogP contribution in [0.1, 0.15) is 16.4 Å². The van der Waals surface area contributed by atoms with Gasteiger partial charge in [-0.3, -0.25) is 4.79 Å².